The van der Waals surface area contributed by atoms with Crippen molar-refractivity contribution < 1.29 is 9.26 Å². The van der Waals surface area contributed by atoms with Crippen LogP contribution in [0.1, 0.15) is 17.8 Å². The lowest BCUT2D eigenvalue weighted by Gasteiger charge is -2.19. The predicted molar refractivity (Wildman–Crippen MR) is 76.9 cm³/mol. The van der Waals surface area contributed by atoms with Crippen LogP contribution in [0.4, 0.5) is 0 Å². The predicted octanol–water partition coefficient (Wildman–Crippen LogP) is 2.68. The fraction of sp³-hybridized carbons (Fsp3) is 0.385. The average Bonchev–Trinajstić information content (AvgIpc) is 2.97. The molecule has 7 heteroatoms. The van der Waals surface area contributed by atoms with Gasteiger partial charge in [0.1, 0.15) is 6.10 Å². The molecular weight excluding hydrogens is 298 g/mol. The topological polar surface area (TPSA) is 60.2 Å². The number of morpholine rings is 1. The maximum Gasteiger partial charge on any atom is 0.257 e. The summed E-state index contributed by atoms with van der Waals surface area (Å²) in [4.78, 5) is 5.50. The molecule has 0 aliphatic carbocycles. The second-order valence-electron chi connectivity index (χ2n) is 4.35. The van der Waals surface area contributed by atoms with Gasteiger partial charge in [0, 0.05) is 23.0 Å². The van der Waals surface area contributed by atoms with E-state index in [4.69, 9.17) is 20.9 Å². The molecule has 1 unspecified atom stereocenters. The molecule has 2 heterocycles. The molecule has 1 aromatic heterocycles. The fourth-order valence-electron chi connectivity index (χ4n) is 1.86. The zero-order chi connectivity index (χ0) is 13.8. The highest BCUT2D eigenvalue weighted by atomic mass is 35.5. The normalized spacial score (nSPS) is 19.1. The van der Waals surface area contributed by atoms with E-state index in [1.807, 2.05) is 24.3 Å². The van der Waals surface area contributed by atoms with Gasteiger partial charge >= 0.3 is 0 Å². The number of ether oxygens (including phenoxy) is 1. The summed E-state index contributed by atoms with van der Waals surface area (Å²) < 4.78 is 10.8. The van der Waals surface area contributed by atoms with E-state index in [1.54, 1.807) is 11.8 Å². The van der Waals surface area contributed by atoms with E-state index in [9.17, 15) is 0 Å². The van der Waals surface area contributed by atoms with Gasteiger partial charge in [-0.2, -0.15) is 4.98 Å². The molecular formula is C13H14ClN3O2S. The third-order valence-electron chi connectivity index (χ3n) is 2.87. The van der Waals surface area contributed by atoms with E-state index < -0.39 is 0 Å². The van der Waals surface area contributed by atoms with Gasteiger partial charge in [-0.15, -0.1) is 11.8 Å². The van der Waals surface area contributed by atoms with Gasteiger partial charge in [-0.3, -0.25) is 0 Å². The smallest absolute Gasteiger partial charge is 0.257 e. The summed E-state index contributed by atoms with van der Waals surface area (Å²) in [7, 11) is 0. The van der Waals surface area contributed by atoms with Crippen LogP contribution in [0, 0.1) is 0 Å². The molecule has 2 aromatic rings. The first-order valence-electron chi connectivity index (χ1n) is 6.34. The molecule has 20 heavy (non-hydrogen) atoms. The van der Waals surface area contributed by atoms with Gasteiger partial charge in [0.15, 0.2) is 5.82 Å². The van der Waals surface area contributed by atoms with Gasteiger partial charge in [-0.25, -0.2) is 0 Å². The number of nitrogens with zero attached hydrogens (tertiary/aromatic N) is 2. The summed E-state index contributed by atoms with van der Waals surface area (Å²) in [6, 6.07) is 7.69. The van der Waals surface area contributed by atoms with Crippen molar-refractivity contribution in [3.63, 3.8) is 0 Å². The van der Waals surface area contributed by atoms with Crippen molar-refractivity contribution >= 4 is 23.4 Å². The van der Waals surface area contributed by atoms with Crippen LogP contribution in [0.25, 0.3) is 0 Å². The highest BCUT2D eigenvalue weighted by molar-refractivity contribution is 7.98. The van der Waals surface area contributed by atoms with Crippen LogP contribution in [0.15, 0.2) is 33.7 Å². The number of rotatable bonds is 4. The molecule has 0 bridgehead atoms. The van der Waals surface area contributed by atoms with Crippen LogP contribution in [0.3, 0.4) is 0 Å². The quantitative estimate of drug-likeness (QED) is 0.876. The van der Waals surface area contributed by atoms with Gasteiger partial charge in [0.2, 0.25) is 0 Å². The van der Waals surface area contributed by atoms with Crippen molar-refractivity contribution in [2.45, 2.75) is 16.8 Å². The van der Waals surface area contributed by atoms with E-state index in [-0.39, 0.29) is 6.10 Å². The minimum atomic E-state index is -0.134. The first-order chi connectivity index (χ1) is 9.81. The number of thioether (sulfide) groups is 1. The van der Waals surface area contributed by atoms with Crippen molar-refractivity contribution in [3.8, 4) is 0 Å². The Morgan fingerprint density at radius 2 is 2.20 bits per heavy atom. The molecule has 1 N–H and O–H groups in total. The van der Waals surface area contributed by atoms with Crippen LogP contribution >= 0.6 is 23.4 Å². The number of hydrogen-bond donors (Lipinski definition) is 1. The first-order valence-corrected chi connectivity index (χ1v) is 7.71. The molecule has 0 spiro atoms. The van der Waals surface area contributed by atoms with Gasteiger partial charge in [-0.05, 0) is 24.3 Å². The minimum Gasteiger partial charge on any atom is -0.366 e. The number of aromatic nitrogens is 2. The molecule has 0 amide bonds. The molecule has 0 radical (unpaired) electrons. The number of benzene rings is 1. The lowest BCUT2D eigenvalue weighted by atomic mass is 10.3. The highest BCUT2D eigenvalue weighted by Gasteiger charge is 2.22. The minimum absolute atomic E-state index is 0.134. The second-order valence-corrected chi connectivity index (χ2v) is 5.84. The number of nitrogens with one attached hydrogen (secondary N) is 1. The zero-order valence-electron chi connectivity index (χ0n) is 10.7. The Morgan fingerprint density at radius 3 is 2.95 bits per heavy atom. The standard InChI is InChI=1S/C13H14ClN3O2S/c14-9-1-3-10(4-2-9)20-8-12-16-13(19-17-12)11-7-15-5-6-18-11/h1-4,11,15H,5-8H2. The molecule has 1 atom stereocenters. The van der Waals surface area contributed by atoms with E-state index in [0.717, 1.165) is 16.5 Å². The Hall–Kier alpha value is -1.08. The molecule has 1 saturated heterocycles. The van der Waals surface area contributed by atoms with Crippen LogP contribution in [0.5, 0.6) is 0 Å². The Labute approximate surface area is 126 Å². The Kier molecular flexibility index (Phi) is 4.57. The zero-order valence-corrected chi connectivity index (χ0v) is 12.3. The third-order valence-corrected chi connectivity index (χ3v) is 4.13. The molecule has 1 aliphatic rings. The SMILES string of the molecule is Clc1ccc(SCc2noc(C3CNCCO3)n2)cc1. The van der Waals surface area contributed by atoms with Gasteiger partial charge < -0.3 is 14.6 Å². The van der Waals surface area contributed by atoms with Crippen molar-refractivity contribution in [1.29, 1.82) is 0 Å². The Morgan fingerprint density at radius 1 is 1.35 bits per heavy atom. The van der Waals surface area contributed by atoms with Gasteiger partial charge in [0.25, 0.3) is 5.89 Å². The molecule has 0 saturated carbocycles. The molecule has 106 valence electrons. The van der Waals surface area contributed by atoms with E-state index in [2.05, 4.69) is 15.5 Å². The molecule has 3 rings (SSSR count). The van der Waals surface area contributed by atoms with E-state index in [1.165, 1.54) is 0 Å². The lowest BCUT2D eigenvalue weighted by molar-refractivity contribution is 0.00755. The molecule has 1 aliphatic heterocycles. The molecule has 5 nitrogen and oxygen atoms in total. The summed E-state index contributed by atoms with van der Waals surface area (Å²) >= 11 is 7.49. The van der Waals surface area contributed by atoms with Crippen LogP contribution in [-0.4, -0.2) is 29.8 Å². The first kappa shape index (κ1) is 13.9. The summed E-state index contributed by atoms with van der Waals surface area (Å²) in [5.41, 5.74) is 0. The summed E-state index contributed by atoms with van der Waals surface area (Å²) in [6.45, 7) is 2.25. The Balaban J connectivity index is 1.58. The summed E-state index contributed by atoms with van der Waals surface area (Å²) in [5.74, 6) is 1.88. The highest BCUT2D eigenvalue weighted by Crippen LogP contribution is 2.24. The van der Waals surface area contributed by atoms with Crippen LogP contribution in [-0.2, 0) is 10.5 Å². The van der Waals surface area contributed by atoms with Crippen molar-refractivity contribution in [3.05, 3.63) is 41.0 Å². The van der Waals surface area contributed by atoms with E-state index >= 15 is 0 Å². The monoisotopic (exact) mass is 311 g/mol. The average molecular weight is 312 g/mol. The van der Waals surface area contributed by atoms with Crippen LogP contribution in [0.2, 0.25) is 5.02 Å². The Bertz CT molecular complexity index is 555. The van der Waals surface area contributed by atoms with Crippen molar-refractivity contribution in [1.82, 2.24) is 15.5 Å². The number of halogens is 1. The second kappa shape index (κ2) is 6.58. The largest absolute Gasteiger partial charge is 0.366 e. The number of hydrogen-bond acceptors (Lipinski definition) is 6. The fourth-order valence-corrected chi connectivity index (χ4v) is 2.73. The van der Waals surface area contributed by atoms with Crippen LogP contribution < -0.4 is 5.32 Å². The maximum atomic E-state index is 5.85. The summed E-state index contributed by atoms with van der Waals surface area (Å²) in [5, 5.41) is 7.95. The van der Waals surface area contributed by atoms with Gasteiger partial charge in [0.05, 0.1) is 12.4 Å². The van der Waals surface area contributed by atoms with Crippen molar-refractivity contribution in [2.75, 3.05) is 19.7 Å². The molecule has 1 fully saturated rings. The van der Waals surface area contributed by atoms with Gasteiger partial charge in [-0.1, -0.05) is 16.8 Å². The van der Waals surface area contributed by atoms with E-state index in [0.29, 0.717) is 30.6 Å². The third kappa shape index (κ3) is 3.52. The summed E-state index contributed by atoms with van der Waals surface area (Å²) in [6.07, 6.45) is -0.134. The lowest BCUT2D eigenvalue weighted by Crippen LogP contribution is -2.33. The van der Waals surface area contributed by atoms with Crippen molar-refractivity contribution in [2.24, 2.45) is 0 Å². The molecule has 1 aromatic carbocycles. The maximum absolute atomic E-state index is 5.85.